The van der Waals surface area contributed by atoms with Gasteiger partial charge in [0.2, 0.25) is 0 Å². The van der Waals surface area contributed by atoms with Crippen LogP contribution in [0.25, 0.3) is 44.0 Å². The summed E-state index contributed by atoms with van der Waals surface area (Å²) >= 11 is 0. The highest BCUT2D eigenvalue weighted by Gasteiger charge is 2.16. The zero-order chi connectivity index (χ0) is 31.4. The fraction of sp³-hybridized carbons (Fsp3) is 0. The summed E-state index contributed by atoms with van der Waals surface area (Å²) in [4.78, 5) is 0. The third kappa shape index (κ3) is 5.47. The molecule has 2 nitrogen and oxygen atoms in total. The van der Waals surface area contributed by atoms with Crippen molar-refractivity contribution in [2.24, 2.45) is 5.10 Å². The Bertz CT molecular complexity index is 2340. The number of benzene rings is 8. The second kappa shape index (κ2) is 12.6. The SMILES string of the molecule is C(=C(c1ccccc1)c1ccccc1)c1c(/C=N/N(c2ccccc2)c2cccc3ccccc23)c2ccccc2c2ccccc12. The largest absolute Gasteiger partial charge is 0.233 e. The monoisotopic (exact) mass is 600 g/mol. The van der Waals surface area contributed by atoms with Crippen molar-refractivity contribution in [2.45, 2.75) is 0 Å². The fourth-order valence-electron chi connectivity index (χ4n) is 6.55. The Morgan fingerprint density at radius 3 is 1.49 bits per heavy atom. The van der Waals surface area contributed by atoms with Gasteiger partial charge in [0.15, 0.2) is 0 Å². The van der Waals surface area contributed by atoms with Gasteiger partial charge in [-0.15, -0.1) is 0 Å². The maximum Gasteiger partial charge on any atom is 0.0730 e. The van der Waals surface area contributed by atoms with E-state index in [4.69, 9.17) is 5.10 Å². The molecule has 0 aliphatic rings. The topological polar surface area (TPSA) is 15.6 Å². The summed E-state index contributed by atoms with van der Waals surface area (Å²) in [7, 11) is 0. The van der Waals surface area contributed by atoms with Crippen LogP contribution in [0.15, 0.2) is 187 Å². The minimum atomic E-state index is 0.997. The van der Waals surface area contributed by atoms with Gasteiger partial charge < -0.3 is 0 Å². The third-order valence-corrected chi connectivity index (χ3v) is 8.77. The van der Waals surface area contributed by atoms with Gasteiger partial charge >= 0.3 is 0 Å². The molecule has 2 heteroatoms. The van der Waals surface area contributed by atoms with Crippen LogP contribution in [0.5, 0.6) is 0 Å². The number of hydrogen-bond donors (Lipinski definition) is 0. The molecule has 0 saturated heterocycles. The highest BCUT2D eigenvalue weighted by Crippen LogP contribution is 2.37. The molecule has 0 radical (unpaired) electrons. The molecule has 0 aliphatic carbocycles. The van der Waals surface area contributed by atoms with E-state index in [1.165, 1.54) is 32.7 Å². The van der Waals surface area contributed by atoms with Crippen molar-refractivity contribution >= 4 is 61.6 Å². The number of anilines is 2. The van der Waals surface area contributed by atoms with E-state index in [1.54, 1.807) is 0 Å². The Morgan fingerprint density at radius 2 is 0.872 bits per heavy atom. The van der Waals surface area contributed by atoms with Crippen molar-refractivity contribution in [1.29, 1.82) is 0 Å². The zero-order valence-corrected chi connectivity index (χ0v) is 25.9. The minimum absolute atomic E-state index is 0.997. The van der Waals surface area contributed by atoms with E-state index in [-0.39, 0.29) is 0 Å². The van der Waals surface area contributed by atoms with Crippen molar-refractivity contribution in [2.75, 3.05) is 5.01 Å². The van der Waals surface area contributed by atoms with Crippen LogP contribution in [0.2, 0.25) is 0 Å². The molecule has 0 N–H and O–H groups in total. The second-order valence-electron chi connectivity index (χ2n) is 11.6. The summed E-state index contributed by atoms with van der Waals surface area (Å²) in [6, 6.07) is 64.0. The van der Waals surface area contributed by atoms with Gasteiger partial charge in [0.1, 0.15) is 0 Å². The highest BCUT2D eigenvalue weighted by atomic mass is 15.5. The number of hydrazone groups is 1. The fourth-order valence-corrected chi connectivity index (χ4v) is 6.55. The zero-order valence-electron chi connectivity index (χ0n) is 25.9. The molecule has 0 heterocycles. The quantitative estimate of drug-likeness (QED) is 0.0769. The minimum Gasteiger partial charge on any atom is -0.233 e. The van der Waals surface area contributed by atoms with Crippen molar-refractivity contribution in [3.63, 3.8) is 0 Å². The molecule has 8 rings (SSSR count). The van der Waals surface area contributed by atoms with Crippen LogP contribution in [0.1, 0.15) is 22.3 Å². The molecular formula is C45H32N2. The number of hydrogen-bond acceptors (Lipinski definition) is 2. The smallest absolute Gasteiger partial charge is 0.0730 e. The van der Waals surface area contributed by atoms with Crippen LogP contribution in [0.4, 0.5) is 11.4 Å². The Morgan fingerprint density at radius 1 is 0.404 bits per heavy atom. The molecule has 47 heavy (non-hydrogen) atoms. The van der Waals surface area contributed by atoms with Gasteiger partial charge in [-0.05, 0) is 73.5 Å². The van der Waals surface area contributed by atoms with Crippen molar-refractivity contribution in [1.82, 2.24) is 0 Å². The predicted octanol–water partition coefficient (Wildman–Crippen LogP) is 11.9. The molecule has 0 unspecified atom stereocenters. The molecule has 8 aromatic rings. The lowest BCUT2D eigenvalue weighted by atomic mass is 9.88. The lowest BCUT2D eigenvalue weighted by Crippen LogP contribution is -2.10. The third-order valence-electron chi connectivity index (χ3n) is 8.77. The molecule has 0 saturated carbocycles. The summed E-state index contributed by atoms with van der Waals surface area (Å²) in [6.07, 6.45) is 4.41. The van der Waals surface area contributed by atoms with E-state index in [9.17, 15) is 0 Å². The van der Waals surface area contributed by atoms with Crippen molar-refractivity contribution in [3.05, 3.63) is 204 Å². The summed E-state index contributed by atoms with van der Waals surface area (Å²) < 4.78 is 0. The van der Waals surface area contributed by atoms with Crippen LogP contribution in [0, 0.1) is 0 Å². The van der Waals surface area contributed by atoms with Gasteiger partial charge in [0.25, 0.3) is 0 Å². The second-order valence-corrected chi connectivity index (χ2v) is 11.6. The van der Waals surface area contributed by atoms with Crippen LogP contribution in [-0.2, 0) is 0 Å². The van der Waals surface area contributed by atoms with E-state index in [1.807, 2.05) is 6.07 Å². The Hall–Kier alpha value is -6.25. The van der Waals surface area contributed by atoms with Crippen molar-refractivity contribution in [3.8, 4) is 0 Å². The number of para-hydroxylation sites is 1. The molecule has 0 aromatic heterocycles. The molecule has 0 bridgehead atoms. The summed E-state index contributed by atoms with van der Waals surface area (Å²) in [6.45, 7) is 0. The average molecular weight is 601 g/mol. The summed E-state index contributed by atoms with van der Waals surface area (Å²) in [5.74, 6) is 0. The van der Waals surface area contributed by atoms with Gasteiger partial charge in [-0.1, -0.05) is 164 Å². The first-order valence-corrected chi connectivity index (χ1v) is 16.0. The first kappa shape index (κ1) is 28.2. The van der Waals surface area contributed by atoms with E-state index in [2.05, 4.69) is 193 Å². The maximum absolute atomic E-state index is 5.33. The molecule has 0 fully saturated rings. The van der Waals surface area contributed by atoms with Gasteiger partial charge in [0, 0.05) is 10.9 Å². The normalized spacial score (nSPS) is 11.3. The van der Waals surface area contributed by atoms with Gasteiger partial charge in [-0.25, -0.2) is 5.01 Å². The number of nitrogens with zero attached hydrogens (tertiary/aromatic N) is 2. The first-order chi connectivity index (χ1) is 23.3. The van der Waals surface area contributed by atoms with Gasteiger partial charge in [-0.3, -0.25) is 0 Å². The van der Waals surface area contributed by atoms with Crippen LogP contribution >= 0.6 is 0 Å². The number of rotatable bonds is 7. The molecule has 0 amide bonds. The predicted molar refractivity (Wildman–Crippen MR) is 201 cm³/mol. The lowest BCUT2D eigenvalue weighted by molar-refractivity contribution is 1.10. The molecule has 222 valence electrons. The maximum atomic E-state index is 5.33. The standard InChI is InChI=1S/C45H32N2/c1-4-17-34(18-5-1)42(35-19-6-2-7-20-35)31-43-40-28-14-12-26-38(40)39-27-13-15-29-41(39)44(43)32-46-47(36-23-8-3-9-24-36)45-30-16-22-33-21-10-11-25-37(33)45/h1-32H/b46-32+. The average Bonchev–Trinajstić information content (AvgIpc) is 3.15. The summed E-state index contributed by atoms with van der Waals surface area (Å²) in [5, 5.41) is 14.5. The lowest BCUT2D eigenvalue weighted by Gasteiger charge is -2.22. The molecule has 8 aromatic carbocycles. The van der Waals surface area contributed by atoms with Crippen LogP contribution < -0.4 is 5.01 Å². The van der Waals surface area contributed by atoms with Gasteiger partial charge in [0.05, 0.1) is 17.6 Å². The van der Waals surface area contributed by atoms with E-state index in [0.29, 0.717) is 0 Å². The Kier molecular flexibility index (Phi) is 7.59. The van der Waals surface area contributed by atoms with E-state index < -0.39 is 0 Å². The molecule has 0 aliphatic heterocycles. The molecular weight excluding hydrogens is 569 g/mol. The van der Waals surface area contributed by atoms with E-state index >= 15 is 0 Å². The molecule has 0 spiro atoms. The van der Waals surface area contributed by atoms with Crippen molar-refractivity contribution < 1.29 is 0 Å². The van der Waals surface area contributed by atoms with Crippen LogP contribution in [0.3, 0.4) is 0 Å². The van der Waals surface area contributed by atoms with E-state index in [0.717, 1.165) is 38.8 Å². The van der Waals surface area contributed by atoms with Crippen LogP contribution in [-0.4, -0.2) is 6.21 Å². The Labute approximate surface area is 275 Å². The highest BCUT2D eigenvalue weighted by molar-refractivity contribution is 6.19. The number of fused-ring (bicyclic) bond motifs is 4. The summed E-state index contributed by atoms with van der Waals surface area (Å²) in [5.41, 5.74) is 7.73. The first-order valence-electron chi connectivity index (χ1n) is 16.0. The molecule has 0 atom stereocenters. The van der Waals surface area contributed by atoms with Gasteiger partial charge in [-0.2, -0.15) is 5.10 Å². The Balaban J connectivity index is 1.42.